The minimum Gasteiger partial charge on any atom is -0.492 e. The third-order valence-corrected chi connectivity index (χ3v) is 4.28. The average molecular weight is 370 g/mol. The Morgan fingerprint density at radius 3 is 2.89 bits per heavy atom. The molecular formula is C20H26N4O3. The zero-order chi connectivity index (χ0) is 18.9. The van der Waals surface area contributed by atoms with Crippen LogP contribution in [0.4, 0.5) is 11.4 Å². The molecule has 0 unspecified atom stereocenters. The quantitative estimate of drug-likeness (QED) is 0.743. The van der Waals surface area contributed by atoms with E-state index in [1.807, 2.05) is 37.3 Å². The van der Waals surface area contributed by atoms with Crippen LogP contribution < -0.4 is 15.4 Å². The first-order chi connectivity index (χ1) is 13.3. The van der Waals surface area contributed by atoms with E-state index in [2.05, 4.69) is 20.5 Å². The molecule has 1 aromatic carbocycles. The van der Waals surface area contributed by atoms with E-state index in [4.69, 9.17) is 9.47 Å². The van der Waals surface area contributed by atoms with Crippen molar-refractivity contribution in [3.05, 3.63) is 48.3 Å². The monoisotopic (exact) mass is 370 g/mol. The zero-order valence-electron chi connectivity index (χ0n) is 15.6. The maximum absolute atomic E-state index is 12.4. The Bertz CT molecular complexity index is 748. The molecule has 1 fully saturated rings. The molecule has 7 heteroatoms. The summed E-state index contributed by atoms with van der Waals surface area (Å²) in [4.78, 5) is 18.9. The van der Waals surface area contributed by atoms with E-state index in [0.29, 0.717) is 18.8 Å². The fourth-order valence-corrected chi connectivity index (χ4v) is 2.88. The fraction of sp³-hybridized carbons (Fsp3) is 0.400. The van der Waals surface area contributed by atoms with Gasteiger partial charge in [-0.25, -0.2) is 0 Å². The Labute approximate surface area is 159 Å². The van der Waals surface area contributed by atoms with Crippen LogP contribution in [0.5, 0.6) is 5.75 Å². The normalized spacial score (nSPS) is 14.6. The van der Waals surface area contributed by atoms with Gasteiger partial charge in [0, 0.05) is 38.1 Å². The predicted octanol–water partition coefficient (Wildman–Crippen LogP) is 2.29. The van der Waals surface area contributed by atoms with E-state index >= 15 is 0 Å². The minimum atomic E-state index is -0.176. The van der Waals surface area contributed by atoms with Crippen LogP contribution in [-0.4, -0.2) is 61.8 Å². The van der Waals surface area contributed by atoms with Crippen LogP contribution in [0.2, 0.25) is 0 Å². The molecule has 1 saturated heterocycles. The number of hydrogen-bond donors (Lipinski definition) is 2. The second-order valence-corrected chi connectivity index (χ2v) is 6.19. The summed E-state index contributed by atoms with van der Waals surface area (Å²) in [6, 6.07) is 11.3. The lowest BCUT2D eigenvalue weighted by Gasteiger charge is -2.26. The molecule has 27 heavy (non-hydrogen) atoms. The van der Waals surface area contributed by atoms with Crippen molar-refractivity contribution in [2.75, 3.05) is 51.3 Å². The highest BCUT2D eigenvalue weighted by Gasteiger charge is 2.12. The van der Waals surface area contributed by atoms with Crippen LogP contribution in [0.1, 0.15) is 17.4 Å². The number of hydrogen-bond acceptors (Lipinski definition) is 6. The van der Waals surface area contributed by atoms with E-state index in [-0.39, 0.29) is 5.91 Å². The topological polar surface area (TPSA) is 75.7 Å². The third kappa shape index (κ3) is 5.67. The predicted molar refractivity (Wildman–Crippen MR) is 105 cm³/mol. The zero-order valence-corrected chi connectivity index (χ0v) is 15.6. The molecule has 0 radical (unpaired) electrons. The van der Waals surface area contributed by atoms with Gasteiger partial charge in [0.1, 0.15) is 11.4 Å². The lowest BCUT2D eigenvalue weighted by molar-refractivity contribution is 0.0383. The third-order valence-electron chi connectivity index (χ3n) is 4.28. The van der Waals surface area contributed by atoms with Crippen molar-refractivity contribution >= 4 is 17.3 Å². The Hall–Kier alpha value is -2.64. The second-order valence-electron chi connectivity index (χ2n) is 6.19. The van der Waals surface area contributed by atoms with Gasteiger partial charge in [0.15, 0.2) is 0 Å². The second kappa shape index (κ2) is 9.89. The number of carbonyl (C=O) groups excluding carboxylic acids is 1. The molecule has 1 aliphatic rings. The lowest BCUT2D eigenvalue weighted by atomic mass is 10.2. The summed E-state index contributed by atoms with van der Waals surface area (Å²) in [6.07, 6.45) is 1.63. The van der Waals surface area contributed by atoms with Gasteiger partial charge < -0.3 is 20.1 Å². The molecule has 144 valence electrons. The number of carbonyl (C=O) groups is 1. The van der Waals surface area contributed by atoms with Crippen LogP contribution in [0, 0.1) is 0 Å². The molecule has 3 rings (SSSR count). The average Bonchev–Trinajstić information content (AvgIpc) is 2.71. The molecule has 1 aromatic heterocycles. The molecule has 2 N–H and O–H groups in total. The Morgan fingerprint density at radius 2 is 2.07 bits per heavy atom. The van der Waals surface area contributed by atoms with E-state index in [1.54, 1.807) is 12.3 Å². The number of benzene rings is 1. The molecule has 0 bridgehead atoms. The summed E-state index contributed by atoms with van der Waals surface area (Å²) in [5, 5.41) is 6.23. The molecule has 1 aliphatic heterocycles. The van der Waals surface area contributed by atoms with Gasteiger partial charge in [0.2, 0.25) is 0 Å². The highest BCUT2D eigenvalue weighted by atomic mass is 16.5. The fourth-order valence-electron chi connectivity index (χ4n) is 2.88. The first-order valence-electron chi connectivity index (χ1n) is 9.29. The van der Waals surface area contributed by atoms with Gasteiger partial charge in [-0.1, -0.05) is 12.1 Å². The van der Waals surface area contributed by atoms with Crippen LogP contribution in [-0.2, 0) is 4.74 Å². The molecule has 7 nitrogen and oxygen atoms in total. The number of morpholine rings is 1. The van der Waals surface area contributed by atoms with Crippen molar-refractivity contribution in [2.45, 2.75) is 6.92 Å². The van der Waals surface area contributed by atoms with Gasteiger partial charge in [0.25, 0.3) is 5.91 Å². The van der Waals surface area contributed by atoms with Gasteiger partial charge in [-0.3, -0.25) is 14.7 Å². The summed E-state index contributed by atoms with van der Waals surface area (Å²) in [6.45, 7) is 7.27. The van der Waals surface area contributed by atoms with Crippen molar-refractivity contribution in [2.24, 2.45) is 0 Å². The van der Waals surface area contributed by atoms with E-state index < -0.39 is 0 Å². The number of nitrogens with one attached hydrogen (secondary N) is 2. The first kappa shape index (κ1) is 19.1. The van der Waals surface area contributed by atoms with Crippen molar-refractivity contribution in [1.29, 1.82) is 0 Å². The number of nitrogens with zero attached hydrogens (tertiary/aromatic N) is 2. The molecule has 0 spiro atoms. The largest absolute Gasteiger partial charge is 0.492 e. The molecule has 2 aromatic rings. The molecular weight excluding hydrogens is 344 g/mol. The highest BCUT2D eigenvalue weighted by Crippen LogP contribution is 2.27. The molecule has 0 atom stereocenters. The first-order valence-corrected chi connectivity index (χ1v) is 9.29. The maximum Gasteiger partial charge on any atom is 0.269 e. The van der Waals surface area contributed by atoms with Gasteiger partial charge in [-0.15, -0.1) is 0 Å². The number of rotatable bonds is 8. The van der Waals surface area contributed by atoms with Crippen molar-refractivity contribution < 1.29 is 14.3 Å². The van der Waals surface area contributed by atoms with Crippen LogP contribution in [0.3, 0.4) is 0 Å². The van der Waals surface area contributed by atoms with Crippen molar-refractivity contribution in [3.63, 3.8) is 0 Å². The van der Waals surface area contributed by atoms with Gasteiger partial charge >= 0.3 is 0 Å². The molecule has 1 amide bonds. The molecule has 0 saturated carbocycles. The number of anilines is 2. The number of amides is 1. The SMILES string of the molecule is CCOc1ccccc1Nc1ccnc(C(=O)NCCN2CCOCC2)c1. The molecule has 0 aliphatic carbocycles. The highest BCUT2D eigenvalue weighted by molar-refractivity contribution is 5.93. The van der Waals surface area contributed by atoms with Gasteiger partial charge in [-0.2, -0.15) is 0 Å². The van der Waals surface area contributed by atoms with Gasteiger partial charge in [-0.05, 0) is 31.2 Å². The van der Waals surface area contributed by atoms with Crippen molar-refractivity contribution in [3.8, 4) is 5.75 Å². The number of ether oxygens (including phenoxy) is 2. The summed E-state index contributed by atoms with van der Waals surface area (Å²) in [5.74, 6) is 0.596. The van der Waals surface area contributed by atoms with Crippen LogP contribution in [0.15, 0.2) is 42.6 Å². The Morgan fingerprint density at radius 1 is 1.26 bits per heavy atom. The summed E-state index contributed by atoms with van der Waals surface area (Å²) >= 11 is 0. The van der Waals surface area contributed by atoms with E-state index in [1.165, 1.54) is 0 Å². The Kier molecular flexibility index (Phi) is 7.01. The van der Waals surface area contributed by atoms with Crippen LogP contribution in [0.25, 0.3) is 0 Å². The number of pyridine rings is 1. The maximum atomic E-state index is 12.4. The summed E-state index contributed by atoms with van der Waals surface area (Å²) in [5.41, 5.74) is 2.02. The number of aromatic nitrogens is 1. The van der Waals surface area contributed by atoms with Crippen molar-refractivity contribution in [1.82, 2.24) is 15.2 Å². The number of para-hydroxylation sites is 2. The summed E-state index contributed by atoms with van der Waals surface area (Å²) < 4.78 is 11.0. The molecule has 2 heterocycles. The minimum absolute atomic E-state index is 0.176. The van der Waals surface area contributed by atoms with E-state index in [0.717, 1.165) is 50.0 Å². The van der Waals surface area contributed by atoms with Crippen LogP contribution >= 0.6 is 0 Å². The van der Waals surface area contributed by atoms with E-state index in [9.17, 15) is 4.79 Å². The summed E-state index contributed by atoms with van der Waals surface area (Å²) in [7, 11) is 0. The smallest absolute Gasteiger partial charge is 0.269 e. The van der Waals surface area contributed by atoms with Gasteiger partial charge in [0.05, 0.1) is 25.5 Å². The standard InChI is InChI=1S/C20H26N4O3/c1-2-27-19-6-4-3-5-17(19)23-16-7-8-21-18(15-16)20(25)22-9-10-24-11-13-26-14-12-24/h3-8,15H,2,9-14H2,1H3,(H,21,23)(H,22,25). The lowest BCUT2D eigenvalue weighted by Crippen LogP contribution is -2.41. The Balaban J connectivity index is 1.57.